The highest BCUT2D eigenvalue weighted by Crippen LogP contribution is 2.24. The summed E-state index contributed by atoms with van der Waals surface area (Å²) in [6, 6.07) is 0. The van der Waals surface area contributed by atoms with Crippen molar-refractivity contribution in [3.8, 4) is 0 Å². The first-order valence-electron chi connectivity index (χ1n) is 8.21. The molecule has 1 N–H and O–H groups in total. The summed E-state index contributed by atoms with van der Waals surface area (Å²) in [5, 5.41) is 3.39. The molecule has 0 aromatic heterocycles. The van der Waals surface area contributed by atoms with Gasteiger partial charge in [0.1, 0.15) is 0 Å². The van der Waals surface area contributed by atoms with E-state index in [4.69, 9.17) is 0 Å². The maximum absolute atomic E-state index is 12.1. The van der Waals surface area contributed by atoms with Gasteiger partial charge >= 0.3 is 0 Å². The fraction of sp³-hybridized carbons (Fsp3) is 0.812. The second-order valence-electron chi connectivity index (χ2n) is 6.83. The second kappa shape index (κ2) is 7.02. The first kappa shape index (κ1) is 17.3. The molecule has 6 heteroatoms. The molecule has 0 saturated carbocycles. The first-order chi connectivity index (χ1) is 10.4. The Labute approximate surface area is 134 Å². The Morgan fingerprint density at radius 3 is 2.77 bits per heavy atom. The zero-order valence-corrected chi connectivity index (χ0v) is 14.9. The molecule has 1 aliphatic carbocycles. The van der Waals surface area contributed by atoms with Gasteiger partial charge in [-0.05, 0) is 46.0 Å². The number of hydrogen-bond donors (Lipinski definition) is 1. The van der Waals surface area contributed by atoms with Crippen molar-refractivity contribution in [1.82, 2.24) is 10.2 Å². The van der Waals surface area contributed by atoms with E-state index in [9.17, 15) is 8.42 Å². The van der Waals surface area contributed by atoms with Crippen LogP contribution in [0.25, 0.3) is 0 Å². The average Bonchev–Trinajstić information content (AvgIpc) is 2.48. The molecule has 0 bridgehead atoms. The van der Waals surface area contributed by atoms with E-state index < -0.39 is 14.6 Å². The van der Waals surface area contributed by atoms with Crippen LogP contribution in [-0.2, 0) is 9.84 Å². The zero-order chi connectivity index (χ0) is 16.2. The van der Waals surface area contributed by atoms with Crippen molar-refractivity contribution in [2.45, 2.75) is 50.7 Å². The van der Waals surface area contributed by atoms with Gasteiger partial charge in [-0.15, -0.1) is 0 Å². The largest absolute Gasteiger partial charge is 0.356 e. The minimum Gasteiger partial charge on any atom is -0.356 e. The number of allylic oxidation sites excluding steroid dienone is 1. The van der Waals surface area contributed by atoms with Crippen molar-refractivity contribution in [3.63, 3.8) is 0 Å². The fourth-order valence-corrected chi connectivity index (χ4v) is 4.49. The van der Waals surface area contributed by atoms with E-state index in [-0.39, 0.29) is 5.75 Å². The maximum atomic E-state index is 12.1. The van der Waals surface area contributed by atoms with Gasteiger partial charge in [0.25, 0.3) is 0 Å². The maximum Gasteiger partial charge on any atom is 0.193 e. The lowest BCUT2D eigenvalue weighted by molar-refractivity contribution is 0.353. The third-order valence-corrected chi connectivity index (χ3v) is 7.20. The first-order valence-corrected chi connectivity index (χ1v) is 9.87. The second-order valence-corrected chi connectivity index (χ2v) is 9.58. The number of guanidine groups is 1. The monoisotopic (exact) mass is 327 g/mol. The molecule has 5 nitrogen and oxygen atoms in total. The van der Waals surface area contributed by atoms with Crippen molar-refractivity contribution in [2.75, 3.05) is 32.4 Å². The number of sulfone groups is 1. The lowest BCUT2D eigenvalue weighted by Crippen LogP contribution is -2.57. The molecule has 22 heavy (non-hydrogen) atoms. The van der Waals surface area contributed by atoms with Crippen molar-refractivity contribution in [3.05, 3.63) is 11.6 Å². The summed E-state index contributed by atoms with van der Waals surface area (Å²) in [6.45, 7) is 5.48. The summed E-state index contributed by atoms with van der Waals surface area (Å²) in [5.41, 5.74) is 1.54. The summed E-state index contributed by atoms with van der Waals surface area (Å²) in [7, 11) is -1.24. The van der Waals surface area contributed by atoms with Gasteiger partial charge in [-0.25, -0.2) is 8.42 Å². The number of nitrogens with zero attached hydrogens (tertiary/aromatic N) is 2. The average molecular weight is 327 g/mol. The molecule has 1 heterocycles. The van der Waals surface area contributed by atoms with Crippen LogP contribution in [0.4, 0.5) is 0 Å². The Morgan fingerprint density at radius 2 is 2.18 bits per heavy atom. The van der Waals surface area contributed by atoms with Crippen molar-refractivity contribution < 1.29 is 8.42 Å². The molecule has 2 rings (SSSR count). The highest BCUT2D eigenvalue weighted by molar-refractivity contribution is 7.92. The van der Waals surface area contributed by atoms with E-state index in [1.807, 2.05) is 0 Å². The van der Waals surface area contributed by atoms with Gasteiger partial charge in [0.2, 0.25) is 0 Å². The van der Waals surface area contributed by atoms with Crippen LogP contribution >= 0.6 is 0 Å². The summed E-state index contributed by atoms with van der Waals surface area (Å²) in [4.78, 5) is 6.39. The normalized spacial score (nSPS) is 24.8. The van der Waals surface area contributed by atoms with Gasteiger partial charge in [0.05, 0.1) is 10.5 Å². The van der Waals surface area contributed by atoms with Crippen LogP contribution in [0.1, 0.15) is 46.0 Å². The molecule has 1 fully saturated rings. The number of nitrogens with one attached hydrogen (secondary N) is 1. The topological polar surface area (TPSA) is 61.8 Å². The molecule has 1 saturated heterocycles. The van der Waals surface area contributed by atoms with Gasteiger partial charge in [0, 0.05) is 26.7 Å². The molecule has 1 aliphatic heterocycles. The number of hydrogen-bond acceptors (Lipinski definition) is 3. The van der Waals surface area contributed by atoms with Gasteiger partial charge < -0.3 is 10.2 Å². The molecule has 0 radical (unpaired) electrons. The predicted octanol–water partition coefficient (Wildman–Crippen LogP) is 1.96. The van der Waals surface area contributed by atoms with Crippen LogP contribution in [-0.4, -0.2) is 56.5 Å². The van der Waals surface area contributed by atoms with E-state index in [1.165, 1.54) is 31.3 Å². The Morgan fingerprint density at radius 1 is 1.41 bits per heavy atom. The van der Waals surface area contributed by atoms with Crippen molar-refractivity contribution in [2.24, 2.45) is 4.99 Å². The third kappa shape index (κ3) is 4.03. The third-order valence-electron chi connectivity index (χ3n) is 4.67. The van der Waals surface area contributed by atoms with Gasteiger partial charge in [-0.1, -0.05) is 11.6 Å². The quantitative estimate of drug-likeness (QED) is 0.489. The number of rotatable bonds is 3. The molecule has 0 atom stereocenters. The summed E-state index contributed by atoms with van der Waals surface area (Å²) in [5.74, 6) is 1.02. The van der Waals surface area contributed by atoms with E-state index in [2.05, 4.69) is 21.3 Å². The van der Waals surface area contributed by atoms with Crippen molar-refractivity contribution in [1.29, 1.82) is 0 Å². The van der Waals surface area contributed by atoms with E-state index in [1.54, 1.807) is 20.9 Å². The van der Waals surface area contributed by atoms with Crippen LogP contribution in [0.3, 0.4) is 0 Å². The molecule has 126 valence electrons. The summed E-state index contributed by atoms with van der Waals surface area (Å²) >= 11 is 0. The number of aliphatic imine (C=N–C) groups is 1. The lowest BCUT2D eigenvalue weighted by Gasteiger charge is -2.39. The molecule has 2 aliphatic rings. The molecular formula is C16H29N3O2S. The highest BCUT2D eigenvalue weighted by Gasteiger charge is 2.40. The molecule has 0 aromatic rings. The highest BCUT2D eigenvalue weighted by atomic mass is 32.2. The van der Waals surface area contributed by atoms with Crippen molar-refractivity contribution >= 4 is 15.8 Å². The lowest BCUT2D eigenvalue weighted by atomic mass is 9.97. The van der Waals surface area contributed by atoms with Crippen LogP contribution in [0.2, 0.25) is 0 Å². The minimum absolute atomic E-state index is 0.200. The smallest absolute Gasteiger partial charge is 0.193 e. The SMILES string of the molecule is CN=C(NCCC1=CCCCC1)N1CCS(=O)(=O)C(C)(C)C1. The van der Waals surface area contributed by atoms with Crippen LogP contribution in [0.15, 0.2) is 16.6 Å². The standard InChI is InChI=1S/C16H29N3O2S/c1-16(2)13-19(11-12-22(16,20)21)15(17-3)18-10-9-14-7-5-4-6-8-14/h7H,4-6,8-13H2,1-3H3,(H,17,18). The Kier molecular flexibility index (Phi) is 5.53. The molecule has 0 spiro atoms. The van der Waals surface area contributed by atoms with E-state index in [0.717, 1.165) is 18.9 Å². The van der Waals surface area contributed by atoms with Crippen LogP contribution < -0.4 is 5.32 Å². The summed E-state index contributed by atoms with van der Waals surface area (Å²) in [6.07, 6.45) is 8.46. The zero-order valence-electron chi connectivity index (χ0n) is 14.1. The molecular weight excluding hydrogens is 298 g/mol. The van der Waals surface area contributed by atoms with Gasteiger partial charge in [0.15, 0.2) is 15.8 Å². The molecule has 0 aromatic carbocycles. The summed E-state index contributed by atoms with van der Waals surface area (Å²) < 4.78 is 23.5. The van der Waals surface area contributed by atoms with E-state index in [0.29, 0.717) is 13.1 Å². The fourth-order valence-electron chi connectivity index (χ4n) is 3.12. The molecule has 0 unspecified atom stereocenters. The van der Waals surface area contributed by atoms with Gasteiger partial charge in [-0.2, -0.15) is 0 Å². The Balaban J connectivity index is 1.88. The van der Waals surface area contributed by atoms with Gasteiger partial charge in [-0.3, -0.25) is 4.99 Å². The van der Waals surface area contributed by atoms with Crippen LogP contribution in [0, 0.1) is 0 Å². The predicted molar refractivity (Wildman–Crippen MR) is 92.0 cm³/mol. The molecule has 0 amide bonds. The minimum atomic E-state index is -3.01. The Hall–Kier alpha value is -1.04. The van der Waals surface area contributed by atoms with E-state index >= 15 is 0 Å². The van der Waals surface area contributed by atoms with Crippen LogP contribution in [0.5, 0.6) is 0 Å². The Bertz CT molecular complexity index is 550.